The van der Waals surface area contributed by atoms with Gasteiger partial charge in [0.15, 0.2) is 5.13 Å². The van der Waals surface area contributed by atoms with E-state index in [0.717, 1.165) is 0 Å². The number of carbonyl (C=O) groups is 1. The molecule has 0 bridgehead atoms. The smallest absolute Gasteiger partial charge is 0.270 e. The van der Waals surface area contributed by atoms with Gasteiger partial charge in [-0.15, -0.1) is 11.3 Å². The molecule has 9 heteroatoms. The van der Waals surface area contributed by atoms with Gasteiger partial charge >= 0.3 is 0 Å². The van der Waals surface area contributed by atoms with Crippen molar-refractivity contribution in [2.45, 2.75) is 0 Å². The lowest BCUT2D eigenvalue weighted by Gasteiger charge is -2.08. The summed E-state index contributed by atoms with van der Waals surface area (Å²) < 4.78 is 5.17. The summed E-state index contributed by atoms with van der Waals surface area (Å²) in [6, 6.07) is 10.8. The first-order valence-corrected chi connectivity index (χ1v) is 8.59. The summed E-state index contributed by atoms with van der Waals surface area (Å²) in [5, 5.41) is 16.1. The van der Waals surface area contributed by atoms with Crippen molar-refractivity contribution in [2.24, 2.45) is 0 Å². The second-order valence-electron chi connectivity index (χ2n) is 5.14. The topological polar surface area (TPSA) is 94.4 Å². The van der Waals surface area contributed by atoms with Gasteiger partial charge in [-0.1, -0.05) is 23.7 Å². The van der Waals surface area contributed by atoms with Gasteiger partial charge in [0.2, 0.25) is 0 Å². The molecule has 0 aliphatic rings. The number of aromatic nitrogens is 1. The van der Waals surface area contributed by atoms with Crippen molar-refractivity contribution in [2.75, 3.05) is 12.4 Å². The highest BCUT2D eigenvalue weighted by Gasteiger charge is 2.15. The number of nitro groups is 1. The lowest BCUT2D eigenvalue weighted by Crippen LogP contribution is -2.13. The third kappa shape index (κ3) is 3.81. The minimum absolute atomic E-state index is 0.0213. The molecular formula is C17H12ClN3O4S. The highest BCUT2D eigenvalue weighted by Crippen LogP contribution is 2.29. The number of methoxy groups -OCH3 is 1. The number of amides is 1. The third-order valence-electron chi connectivity index (χ3n) is 3.49. The molecule has 1 aromatic heterocycles. The van der Waals surface area contributed by atoms with E-state index in [4.69, 9.17) is 16.3 Å². The van der Waals surface area contributed by atoms with Gasteiger partial charge in [0.05, 0.1) is 23.3 Å². The Balaban J connectivity index is 1.82. The van der Waals surface area contributed by atoms with E-state index in [1.54, 1.807) is 35.7 Å². The summed E-state index contributed by atoms with van der Waals surface area (Å²) >= 11 is 7.12. The van der Waals surface area contributed by atoms with Crippen molar-refractivity contribution in [1.82, 2.24) is 4.98 Å². The minimum atomic E-state index is -0.467. The zero-order valence-corrected chi connectivity index (χ0v) is 15.0. The van der Waals surface area contributed by atoms with Crippen LogP contribution in [0.5, 0.6) is 5.75 Å². The van der Waals surface area contributed by atoms with Gasteiger partial charge in [0.1, 0.15) is 5.75 Å². The molecule has 0 radical (unpaired) electrons. The number of hydrogen-bond donors (Lipinski definition) is 1. The maximum absolute atomic E-state index is 12.4. The number of thiazole rings is 1. The number of rotatable bonds is 5. The Hall–Kier alpha value is -2.97. The molecule has 0 saturated carbocycles. The van der Waals surface area contributed by atoms with E-state index in [1.165, 1.54) is 30.6 Å². The van der Waals surface area contributed by atoms with Crippen LogP contribution in [-0.4, -0.2) is 22.9 Å². The van der Waals surface area contributed by atoms with Crippen LogP contribution in [-0.2, 0) is 0 Å². The number of benzene rings is 2. The minimum Gasteiger partial charge on any atom is -0.496 e. The zero-order valence-electron chi connectivity index (χ0n) is 13.4. The number of hydrogen-bond acceptors (Lipinski definition) is 6. The van der Waals surface area contributed by atoms with Crippen molar-refractivity contribution < 1.29 is 14.5 Å². The summed E-state index contributed by atoms with van der Waals surface area (Å²) in [6.45, 7) is 0. The van der Waals surface area contributed by atoms with Gasteiger partial charge < -0.3 is 4.74 Å². The molecule has 2 aromatic carbocycles. The quantitative estimate of drug-likeness (QED) is 0.507. The number of non-ortho nitro benzene ring substituents is 1. The van der Waals surface area contributed by atoms with Crippen LogP contribution in [0.2, 0.25) is 5.02 Å². The molecule has 0 unspecified atom stereocenters. The van der Waals surface area contributed by atoms with Crippen LogP contribution >= 0.6 is 22.9 Å². The van der Waals surface area contributed by atoms with Crippen molar-refractivity contribution in [3.05, 3.63) is 68.5 Å². The van der Waals surface area contributed by atoms with Gasteiger partial charge in [-0.25, -0.2) is 4.98 Å². The van der Waals surface area contributed by atoms with Crippen molar-refractivity contribution in [1.29, 1.82) is 0 Å². The van der Waals surface area contributed by atoms with E-state index in [0.29, 0.717) is 32.7 Å². The monoisotopic (exact) mass is 389 g/mol. The van der Waals surface area contributed by atoms with E-state index < -0.39 is 10.8 Å². The molecule has 1 N–H and O–H groups in total. The zero-order chi connectivity index (χ0) is 18.7. The molecule has 1 amide bonds. The summed E-state index contributed by atoms with van der Waals surface area (Å²) in [6.07, 6.45) is 0. The van der Waals surface area contributed by atoms with Gasteiger partial charge in [0.25, 0.3) is 11.6 Å². The number of halogens is 1. The van der Waals surface area contributed by atoms with Crippen LogP contribution in [0.1, 0.15) is 10.4 Å². The Bertz CT molecular complexity index is 990. The number of nitro benzene ring substituents is 1. The molecule has 1 heterocycles. The second kappa shape index (κ2) is 7.51. The number of nitrogens with one attached hydrogen (secondary N) is 1. The summed E-state index contributed by atoms with van der Waals surface area (Å²) in [5.41, 5.74) is 1.44. The molecular weight excluding hydrogens is 378 g/mol. The van der Waals surface area contributed by atoms with Crippen molar-refractivity contribution in [3.63, 3.8) is 0 Å². The Kier molecular flexibility index (Phi) is 5.15. The Morgan fingerprint density at radius 1 is 1.31 bits per heavy atom. The average Bonchev–Trinajstić information content (AvgIpc) is 3.10. The molecule has 0 aliphatic heterocycles. The van der Waals surface area contributed by atoms with Crippen LogP contribution in [0.25, 0.3) is 11.3 Å². The van der Waals surface area contributed by atoms with E-state index in [9.17, 15) is 14.9 Å². The molecule has 26 heavy (non-hydrogen) atoms. The molecule has 132 valence electrons. The molecule has 3 aromatic rings. The van der Waals surface area contributed by atoms with Crippen LogP contribution in [0.15, 0.2) is 47.8 Å². The summed E-state index contributed by atoms with van der Waals surface area (Å²) in [5.74, 6) is -0.0380. The molecule has 0 atom stereocenters. The predicted molar refractivity (Wildman–Crippen MR) is 100 cm³/mol. The lowest BCUT2D eigenvalue weighted by molar-refractivity contribution is -0.384. The van der Waals surface area contributed by atoms with Crippen LogP contribution < -0.4 is 10.1 Å². The first-order chi connectivity index (χ1) is 12.5. The van der Waals surface area contributed by atoms with Crippen molar-refractivity contribution in [3.8, 4) is 17.0 Å². The lowest BCUT2D eigenvalue weighted by atomic mass is 10.1. The van der Waals surface area contributed by atoms with E-state index in [2.05, 4.69) is 10.3 Å². The maximum Gasteiger partial charge on any atom is 0.270 e. The third-order valence-corrected chi connectivity index (χ3v) is 4.48. The fraction of sp³-hybridized carbons (Fsp3) is 0.0588. The number of nitrogens with zero attached hydrogens (tertiary/aromatic N) is 2. The largest absolute Gasteiger partial charge is 0.496 e. The van der Waals surface area contributed by atoms with Crippen molar-refractivity contribution >= 4 is 39.7 Å². The van der Waals surface area contributed by atoms with Crippen LogP contribution in [0.4, 0.5) is 10.8 Å². The van der Waals surface area contributed by atoms with E-state index in [-0.39, 0.29) is 5.69 Å². The summed E-state index contributed by atoms with van der Waals surface area (Å²) in [7, 11) is 1.45. The fourth-order valence-corrected chi connectivity index (χ4v) is 3.14. The number of ether oxygens (including phenoxy) is 1. The van der Waals surface area contributed by atoms with Gasteiger partial charge in [-0.2, -0.15) is 0 Å². The Morgan fingerprint density at radius 3 is 2.85 bits per heavy atom. The SMILES string of the molecule is COc1cc(Cl)ccc1C(=O)Nc1nc(-c2cccc([N+](=O)[O-])c2)cs1. The Labute approximate surface area is 157 Å². The van der Waals surface area contributed by atoms with E-state index >= 15 is 0 Å². The second-order valence-corrected chi connectivity index (χ2v) is 6.44. The number of anilines is 1. The maximum atomic E-state index is 12.4. The molecule has 0 spiro atoms. The summed E-state index contributed by atoms with van der Waals surface area (Å²) in [4.78, 5) is 27.2. The Morgan fingerprint density at radius 2 is 2.12 bits per heavy atom. The standard InChI is InChI=1S/C17H12ClN3O4S/c1-25-15-8-11(18)5-6-13(15)16(22)20-17-19-14(9-26-17)10-3-2-4-12(7-10)21(23)24/h2-9H,1H3,(H,19,20,22). The highest BCUT2D eigenvalue weighted by molar-refractivity contribution is 7.14. The fourth-order valence-electron chi connectivity index (χ4n) is 2.26. The van der Waals surface area contributed by atoms with Gasteiger partial charge in [0, 0.05) is 28.1 Å². The van der Waals surface area contributed by atoms with Gasteiger partial charge in [-0.3, -0.25) is 20.2 Å². The molecule has 0 aliphatic carbocycles. The first-order valence-electron chi connectivity index (χ1n) is 7.33. The highest BCUT2D eigenvalue weighted by atomic mass is 35.5. The van der Waals surface area contributed by atoms with Crippen LogP contribution in [0, 0.1) is 10.1 Å². The number of carbonyl (C=O) groups excluding carboxylic acids is 1. The molecule has 0 fully saturated rings. The first kappa shape index (κ1) is 17.8. The average molecular weight is 390 g/mol. The molecule has 7 nitrogen and oxygen atoms in total. The van der Waals surface area contributed by atoms with E-state index in [1.807, 2.05) is 0 Å². The van der Waals surface area contributed by atoms with Gasteiger partial charge in [-0.05, 0) is 18.2 Å². The molecule has 3 rings (SSSR count). The van der Waals surface area contributed by atoms with Crippen LogP contribution in [0.3, 0.4) is 0 Å². The molecule has 0 saturated heterocycles. The normalized spacial score (nSPS) is 10.4. The predicted octanol–water partition coefficient (Wildman–Crippen LogP) is 4.63.